The molecule has 1 N–H and O–H groups in total. The molecule has 0 unspecified atom stereocenters. The number of hydrogen-bond acceptors (Lipinski definition) is 3. The van der Waals surface area contributed by atoms with Gasteiger partial charge in [0.15, 0.2) is 0 Å². The van der Waals surface area contributed by atoms with E-state index in [9.17, 15) is 9.90 Å². The third-order valence-corrected chi connectivity index (χ3v) is 8.32. The van der Waals surface area contributed by atoms with E-state index in [1.165, 1.54) is 10.9 Å². The van der Waals surface area contributed by atoms with Crippen LogP contribution in [0.4, 0.5) is 0 Å². The average molecular weight is 836 g/mol. The SMILES string of the molecule is Cc1ccc(-c2cc(C(=O)O)nc(-c3[c-]cccc3)c2)cc1.[Ir+3].[c-]1ccccc1-c1[c-]c(-c2nccc3ccccc23)cc(-c2ccccc2)c1. The van der Waals surface area contributed by atoms with Gasteiger partial charge in [0, 0.05) is 11.9 Å². The van der Waals surface area contributed by atoms with Crippen LogP contribution in [-0.2, 0) is 20.1 Å². The predicted octanol–water partition coefficient (Wildman–Crippen LogP) is 11.1. The maximum absolute atomic E-state index is 11.3. The third kappa shape index (κ3) is 8.25. The minimum absolute atomic E-state index is 0. The normalized spacial score (nSPS) is 10.5. The first-order valence-corrected chi connectivity index (χ1v) is 16.3. The summed E-state index contributed by atoms with van der Waals surface area (Å²) in [4.78, 5) is 20.3. The number of pyridine rings is 2. The molecule has 0 saturated heterocycles. The molecule has 2 aromatic heterocycles. The van der Waals surface area contributed by atoms with Gasteiger partial charge < -0.3 is 5.11 Å². The van der Waals surface area contributed by atoms with Gasteiger partial charge in [0.1, 0.15) is 5.69 Å². The first-order chi connectivity index (χ1) is 24.5. The average Bonchev–Trinajstić information content (AvgIpc) is 3.19. The zero-order valence-corrected chi connectivity index (χ0v) is 30.1. The van der Waals surface area contributed by atoms with Gasteiger partial charge in [-0.05, 0) is 52.2 Å². The predicted molar refractivity (Wildman–Crippen MR) is 201 cm³/mol. The number of carbonyl (C=O) groups is 1. The van der Waals surface area contributed by atoms with Crippen molar-refractivity contribution in [3.63, 3.8) is 0 Å². The van der Waals surface area contributed by atoms with E-state index < -0.39 is 5.97 Å². The molecule has 0 spiro atoms. The van der Waals surface area contributed by atoms with E-state index in [1.54, 1.807) is 12.1 Å². The fourth-order valence-electron chi connectivity index (χ4n) is 5.78. The van der Waals surface area contributed by atoms with Gasteiger partial charge >= 0.3 is 26.1 Å². The maximum atomic E-state index is 11.3. The van der Waals surface area contributed by atoms with Crippen LogP contribution in [-0.4, -0.2) is 21.0 Å². The molecule has 8 rings (SSSR count). The van der Waals surface area contributed by atoms with Crippen molar-refractivity contribution in [1.29, 1.82) is 0 Å². The quantitative estimate of drug-likeness (QED) is 0.170. The molecular weight excluding hydrogens is 805 g/mol. The van der Waals surface area contributed by atoms with Crippen molar-refractivity contribution >= 4 is 16.7 Å². The molecule has 2 heterocycles. The summed E-state index contributed by atoms with van der Waals surface area (Å²) >= 11 is 0. The number of aromatic carboxylic acids is 1. The van der Waals surface area contributed by atoms with Gasteiger partial charge in [0.25, 0.3) is 0 Å². The molecule has 0 saturated carbocycles. The number of rotatable bonds is 6. The van der Waals surface area contributed by atoms with Crippen molar-refractivity contribution in [2.45, 2.75) is 6.92 Å². The van der Waals surface area contributed by atoms with E-state index in [2.05, 4.69) is 89.9 Å². The first-order valence-electron chi connectivity index (χ1n) is 16.3. The molecular formula is C46H31IrN2O2. The molecule has 0 atom stereocenters. The zero-order chi connectivity index (χ0) is 34.3. The Morgan fingerprint density at radius 3 is 1.92 bits per heavy atom. The molecule has 5 heteroatoms. The van der Waals surface area contributed by atoms with Crippen LogP contribution in [0.5, 0.6) is 0 Å². The van der Waals surface area contributed by atoms with Gasteiger partial charge in [-0.2, -0.15) is 42.0 Å². The second-order valence-corrected chi connectivity index (χ2v) is 11.8. The van der Waals surface area contributed by atoms with Crippen molar-refractivity contribution < 1.29 is 30.0 Å². The molecule has 0 radical (unpaired) electrons. The van der Waals surface area contributed by atoms with Crippen LogP contribution in [0.2, 0.25) is 0 Å². The zero-order valence-electron chi connectivity index (χ0n) is 27.7. The van der Waals surface area contributed by atoms with Gasteiger partial charge in [-0.1, -0.05) is 96.1 Å². The topological polar surface area (TPSA) is 63.1 Å². The van der Waals surface area contributed by atoms with Crippen molar-refractivity contribution in [3.8, 4) is 55.9 Å². The molecule has 0 fully saturated rings. The van der Waals surface area contributed by atoms with Crippen LogP contribution in [0.15, 0.2) is 164 Å². The molecule has 0 aliphatic heterocycles. The van der Waals surface area contributed by atoms with Crippen LogP contribution in [0.1, 0.15) is 16.1 Å². The van der Waals surface area contributed by atoms with E-state index in [0.717, 1.165) is 55.6 Å². The number of aromatic nitrogens is 2. The van der Waals surface area contributed by atoms with Crippen molar-refractivity contribution in [3.05, 3.63) is 193 Å². The fraction of sp³-hybridized carbons (Fsp3) is 0.0217. The second-order valence-electron chi connectivity index (χ2n) is 11.8. The van der Waals surface area contributed by atoms with E-state index in [1.807, 2.05) is 92.0 Å². The van der Waals surface area contributed by atoms with Gasteiger partial charge in [-0.15, -0.1) is 53.6 Å². The Morgan fingerprint density at radius 2 is 1.22 bits per heavy atom. The summed E-state index contributed by atoms with van der Waals surface area (Å²) in [5.74, 6) is -1.04. The largest absolute Gasteiger partial charge is 3.00 e. The number of carboxylic acid groups (broad SMARTS) is 1. The minimum atomic E-state index is -1.04. The second kappa shape index (κ2) is 16.1. The summed E-state index contributed by atoms with van der Waals surface area (Å²) in [6, 6.07) is 62.1. The Kier molecular flexibility index (Phi) is 11.0. The molecule has 4 nitrogen and oxygen atoms in total. The van der Waals surface area contributed by atoms with Gasteiger partial charge in [0.05, 0.1) is 0 Å². The number of hydrogen-bond donors (Lipinski definition) is 1. The summed E-state index contributed by atoms with van der Waals surface area (Å²) in [5, 5.41) is 11.6. The Morgan fingerprint density at radius 1 is 0.588 bits per heavy atom. The van der Waals surface area contributed by atoms with Crippen molar-refractivity contribution in [2.75, 3.05) is 0 Å². The summed E-state index contributed by atoms with van der Waals surface area (Å²) < 4.78 is 0. The van der Waals surface area contributed by atoms with Gasteiger partial charge in [-0.25, -0.2) is 10.4 Å². The molecule has 6 aromatic carbocycles. The Labute approximate surface area is 311 Å². The van der Waals surface area contributed by atoms with Crippen LogP contribution in [0.25, 0.3) is 66.7 Å². The summed E-state index contributed by atoms with van der Waals surface area (Å²) in [6.45, 7) is 2.02. The number of fused-ring (bicyclic) bond motifs is 1. The maximum Gasteiger partial charge on any atom is 3.00 e. The molecule has 51 heavy (non-hydrogen) atoms. The molecule has 0 amide bonds. The van der Waals surface area contributed by atoms with E-state index >= 15 is 0 Å². The van der Waals surface area contributed by atoms with Crippen LogP contribution < -0.4 is 0 Å². The molecule has 0 aliphatic rings. The molecule has 246 valence electrons. The monoisotopic (exact) mass is 836 g/mol. The van der Waals surface area contributed by atoms with Crippen LogP contribution >= 0.6 is 0 Å². The first kappa shape index (κ1) is 34.8. The Hall–Kier alpha value is -6.00. The third-order valence-electron chi connectivity index (χ3n) is 8.32. The molecule has 0 aliphatic carbocycles. The smallest absolute Gasteiger partial charge is 0.477 e. The van der Waals surface area contributed by atoms with Crippen molar-refractivity contribution in [2.24, 2.45) is 0 Å². The van der Waals surface area contributed by atoms with Crippen molar-refractivity contribution in [1.82, 2.24) is 9.97 Å². The minimum Gasteiger partial charge on any atom is -0.477 e. The number of aryl methyl sites for hydroxylation is 1. The number of nitrogens with zero attached hydrogens (tertiary/aromatic N) is 2. The standard InChI is InChI=1S/C27H17N.C19H14NO2.Ir/c1-3-9-20(10-4-1)23-17-24(21-11-5-2-6-12-21)19-25(18-23)27-26-14-8-7-13-22(26)15-16-28-27;1-13-7-9-14(10-8-13)16-11-17(15-5-3-2-4-6-15)20-18(12-16)19(21)22;/h1-11,13-18H;2-5,7-12H,1H3,(H,21,22);/q-2;-1;+3. The summed E-state index contributed by atoms with van der Waals surface area (Å²) in [5.41, 5.74) is 10.7. The van der Waals surface area contributed by atoms with Crippen LogP contribution in [0.3, 0.4) is 0 Å². The van der Waals surface area contributed by atoms with Gasteiger partial charge in [-0.3, -0.25) is 9.97 Å². The van der Waals surface area contributed by atoms with Crippen LogP contribution in [0, 0.1) is 25.1 Å². The summed E-state index contributed by atoms with van der Waals surface area (Å²) in [6.07, 6.45) is 1.87. The fourth-order valence-corrected chi connectivity index (χ4v) is 5.78. The molecule has 0 bridgehead atoms. The van der Waals surface area contributed by atoms with Gasteiger partial charge in [0.2, 0.25) is 0 Å². The van der Waals surface area contributed by atoms with E-state index in [4.69, 9.17) is 4.98 Å². The van der Waals surface area contributed by atoms with E-state index in [0.29, 0.717) is 5.69 Å². The van der Waals surface area contributed by atoms with E-state index in [-0.39, 0.29) is 25.8 Å². The summed E-state index contributed by atoms with van der Waals surface area (Å²) in [7, 11) is 0. The number of carboxylic acids is 1. The Balaban J connectivity index is 0.000000178. The number of benzene rings is 6. The Bertz CT molecular complexity index is 2330. The molecule has 8 aromatic rings.